The summed E-state index contributed by atoms with van der Waals surface area (Å²) in [5.41, 5.74) is 23.3. The zero-order chi connectivity index (χ0) is 42.1. The van der Waals surface area contributed by atoms with Gasteiger partial charge in [-0.2, -0.15) is 0 Å². The molecule has 0 radical (unpaired) electrons. The molecule has 0 saturated heterocycles. The Balaban J connectivity index is 0.909. The lowest BCUT2D eigenvalue weighted by molar-refractivity contribution is 0.242. The van der Waals surface area contributed by atoms with E-state index >= 15 is 0 Å². The van der Waals surface area contributed by atoms with Gasteiger partial charge in [0.1, 0.15) is 0 Å². The first kappa shape index (κ1) is 37.8. The maximum atomic E-state index is 5.19. The van der Waals surface area contributed by atoms with Crippen LogP contribution < -0.4 is 0 Å². The number of aromatic nitrogens is 2. The predicted octanol–water partition coefficient (Wildman–Crippen LogP) is 15.8. The molecule has 1 heterocycles. The average molecular weight is 811 g/mol. The Labute approximate surface area is 371 Å². The van der Waals surface area contributed by atoms with Gasteiger partial charge in [-0.25, -0.2) is 9.97 Å². The lowest BCUT2D eigenvalue weighted by Gasteiger charge is -2.42. The lowest BCUT2D eigenvalue weighted by atomic mass is 9.62. The molecule has 0 amide bonds. The van der Waals surface area contributed by atoms with Crippen LogP contribution in [0.1, 0.15) is 74.6 Å². The van der Waals surface area contributed by atoms with Crippen molar-refractivity contribution < 1.29 is 0 Å². The van der Waals surface area contributed by atoms with Gasteiger partial charge in [0.2, 0.25) is 0 Å². The summed E-state index contributed by atoms with van der Waals surface area (Å²) in [6.07, 6.45) is 10.4. The molecule has 1 fully saturated rings. The largest absolute Gasteiger partial charge is 0.228 e. The molecule has 2 heteroatoms. The Morgan fingerprint density at radius 1 is 0.429 bits per heavy atom. The summed E-state index contributed by atoms with van der Waals surface area (Å²) in [7, 11) is 0. The van der Waals surface area contributed by atoms with Crippen LogP contribution >= 0.6 is 0 Å². The van der Waals surface area contributed by atoms with Crippen molar-refractivity contribution in [1.82, 2.24) is 9.97 Å². The van der Waals surface area contributed by atoms with Crippen LogP contribution in [0.15, 0.2) is 194 Å². The average Bonchev–Trinajstić information content (AvgIpc) is 3.74. The normalized spacial score (nSPS) is 17.7. The maximum absolute atomic E-state index is 5.19. The maximum Gasteiger partial charge on any atom is 0.160 e. The molecule has 0 bridgehead atoms. The van der Waals surface area contributed by atoms with E-state index in [1.54, 1.807) is 16.7 Å². The highest BCUT2D eigenvalue weighted by atomic mass is 14.9. The molecule has 7 aromatic carbocycles. The molecule has 1 spiro atoms. The molecule has 4 aliphatic carbocycles. The van der Waals surface area contributed by atoms with Gasteiger partial charge in [-0.05, 0) is 122 Å². The van der Waals surface area contributed by atoms with Gasteiger partial charge in [0.25, 0.3) is 0 Å². The van der Waals surface area contributed by atoms with Crippen LogP contribution in [-0.2, 0) is 10.8 Å². The van der Waals surface area contributed by atoms with Crippen LogP contribution in [0.25, 0.3) is 78.4 Å². The van der Waals surface area contributed by atoms with Crippen LogP contribution in [-0.4, -0.2) is 9.97 Å². The van der Waals surface area contributed by atoms with Crippen LogP contribution in [0.2, 0.25) is 0 Å². The Morgan fingerprint density at radius 3 is 1.68 bits per heavy atom. The Bertz CT molecular complexity index is 3130. The van der Waals surface area contributed by atoms with Crippen molar-refractivity contribution in [3.63, 3.8) is 0 Å². The third-order valence-electron chi connectivity index (χ3n) is 15.0. The fraction of sp³-hybridized carbons (Fsp3) is 0.180. The number of rotatable bonds is 6. The van der Waals surface area contributed by atoms with Crippen LogP contribution in [0.3, 0.4) is 0 Å². The molecule has 1 unspecified atom stereocenters. The van der Waals surface area contributed by atoms with E-state index in [2.05, 4.69) is 196 Å². The van der Waals surface area contributed by atoms with Crippen LogP contribution in [0.5, 0.6) is 0 Å². The number of allylic oxidation sites excluding steroid dienone is 4. The van der Waals surface area contributed by atoms with Gasteiger partial charge in [-0.1, -0.05) is 197 Å². The molecule has 0 aliphatic heterocycles. The van der Waals surface area contributed by atoms with E-state index in [1.807, 2.05) is 6.07 Å². The van der Waals surface area contributed by atoms with Crippen molar-refractivity contribution >= 4 is 11.1 Å². The van der Waals surface area contributed by atoms with Gasteiger partial charge >= 0.3 is 0 Å². The van der Waals surface area contributed by atoms with Crippen molar-refractivity contribution in [3.8, 4) is 67.3 Å². The zero-order valence-corrected chi connectivity index (χ0v) is 36.1. The quantitative estimate of drug-likeness (QED) is 0.167. The SMILES string of the molecule is CC1(C)C2=C(CC3C(=C2)c2cc(-c4cccc(-c5cccc(-c6cc(-c7ccc(-c8ccccc8)cc7)nc(-c7ccccc7)n6)c5)c4)ccc2C32CCCCC2)c2ccccc21. The number of fused-ring (bicyclic) bond motifs is 7. The molecule has 1 aromatic heterocycles. The number of nitrogens with zero attached hydrogens (tertiary/aromatic N) is 2. The van der Waals surface area contributed by atoms with E-state index < -0.39 is 0 Å². The molecule has 4 aliphatic rings. The molecule has 8 aromatic rings. The van der Waals surface area contributed by atoms with Gasteiger partial charge in [-0.3, -0.25) is 0 Å². The van der Waals surface area contributed by atoms with Crippen molar-refractivity contribution in [2.75, 3.05) is 0 Å². The molecular formula is C61H50N2. The van der Waals surface area contributed by atoms with Gasteiger partial charge in [0, 0.05) is 27.5 Å². The molecule has 63 heavy (non-hydrogen) atoms. The van der Waals surface area contributed by atoms with E-state index in [-0.39, 0.29) is 10.8 Å². The van der Waals surface area contributed by atoms with Gasteiger partial charge in [0.15, 0.2) is 5.82 Å². The van der Waals surface area contributed by atoms with E-state index in [4.69, 9.17) is 9.97 Å². The van der Waals surface area contributed by atoms with Gasteiger partial charge in [-0.15, -0.1) is 0 Å². The second kappa shape index (κ2) is 14.9. The second-order valence-corrected chi connectivity index (χ2v) is 18.8. The van der Waals surface area contributed by atoms with E-state index in [9.17, 15) is 0 Å². The third-order valence-corrected chi connectivity index (χ3v) is 15.0. The highest BCUT2D eigenvalue weighted by Gasteiger charge is 2.53. The summed E-state index contributed by atoms with van der Waals surface area (Å²) >= 11 is 0. The van der Waals surface area contributed by atoms with Crippen molar-refractivity contribution in [2.24, 2.45) is 5.92 Å². The number of hydrogen-bond acceptors (Lipinski definition) is 2. The van der Waals surface area contributed by atoms with Gasteiger partial charge in [0.05, 0.1) is 11.4 Å². The third kappa shape index (κ3) is 6.29. The molecule has 1 atom stereocenters. The summed E-state index contributed by atoms with van der Waals surface area (Å²) in [6.45, 7) is 4.87. The van der Waals surface area contributed by atoms with Crippen molar-refractivity contribution in [3.05, 3.63) is 216 Å². The van der Waals surface area contributed by atoms with Crippen molar-refractivity contribution in [1.29, 1.82) is 0 Å². The molecule has 0 N–H and O–H groups in total. The molecular weight excluding hydrogens is 761 g/mol. The zero-order valence-electron chi connectivity index (χ0n) is 36.1. The van der Waals surface area contributed by atoms with Gasteiger partial charge < -0.3 is 0 Å². The van der Waals surface area contributed by atoms with Crippen LogP contribution in [0, 0.1) is 5.92 Å². The minimum atomic E-state index is 0.0114. The summed E-state index contributed by atoms with van der Waals surface area (Å²) in [6, 6.07) is 66.4. The fourth-order valence-corrected chi connectivity index (χ4v) is 11.8. The summed E-state index contributed by atoms with van der Waals surface area (Å²) in [5, 5.41) is 0. The number of hydrogen-bond donors (Lipinski definition) is 0. The molecule has 12 rings (SSSR count). The Hall–Kier alpha value is -6.90. The second-order valence-electron chi connectivity index (χ2n) is 18.8. The standard InChI is InChI=1S/C61H50N2/c1-60(2)53-25-11-10-24-49(53)51-38-56-52(37-55(51)60)50-36-47(30-31-54(50)61(56)32-12-5-13-33-61)45-21-14-20-44(34-45)46-22-15-23-48(35-46)58-39-57(62-59(63-58)43-18-8-4-9-19-43)42-28-26-41(27-29-42)40-16-6-3-7-17-40/h3-4,6-11,14-31,34-37,39,56H,5,12-13,32-33,38H2,1-2H3. The first-order valence-electron chi connectivity index (χ1n) is 22.9. The minimum absolute atomic E-state index is 0.0114. The topological polar surface area (TPSA) is 25.8 Å². The first-order chi connectivity index (χ1) is 30.9. The summed E-state index contributed by atoms with van der Waals surface area (Å²) in [4.78, 5) is 10.3. The Morgan fingerprint density at radius 2 is 0.968 bits per heavy atom. The molecule has 2 nitrogen and oxygen atoms in total. The van der Waals surface area contributed by atoms with E-state index in [0.717, 1.165) is 40.3 Å². The number of benzene rings is 7. The van der Waals surface area contributed by atoms with E-state index in [0.29, 0.717) is 5.92 Å². The lowest BCUT2D eigenvalue weighted by Crippen LogP contribution is -2.34. The summed E-state index contributed by atoms with van der Waals surface area (Å²) < 4.78 is 0. The predicted molar refractivity (Wildman–Crippen MR) is 262 cm³/mol. The smallest absolute Gasteiger partial charge is 0.160 e. The first-order valence-corrected chi connectivity index (χ1v) is 22.9. The Kier molecular flexibility index (Phi) is 8.94. The minimum Gasteiger partial charge on any atom is -0.228 e. The fourth-order valence-electron chi connectivity index (χ4n) is 11.8. The molecule has 1 saturated carbocycles. The monoisotopic (exact) mass is 810 g/mol. The molecule has 304 valence electrons. The van der Waals surface area contributed by atoms with E-state index in [1.165, 1.54) is 87.7 Å². The van der Waals surface area contributed by atoms with Crippen LogP contribution in [0.4, 0.5) is 0 Å². The van der Waals surface area contributed by atoms with Crippen molar-refractivity contribution in [2.45, 2.75) is 63.2 Å². The highest BCUT2D eigenvalue weighted by Crippen LogP contribution is 2.64. The highest BCUT2D eigenvalue weighted by molar-refractivity contribution is 5.93. The summed E-state index contributed by atoms with van der Waals surface area (Å²) in [5.74, 6) is 1.26.